The molecule has 0 saturated heterocycles. The van der Waals surface area contributed by atoms with Gasteiger partial charge in [0.05, 0.1) is 16.6 Å². The van der Waals surface area contributed by atoms with Gasteiger partial charge in [-0.2, -0.15) is 0 Å². The average Bonchev–Trinajstić information content (AvgIpc) is 2.02. The Kier molecular flexibility index (Phi) is 3.93. The molecule has 0 amide bonds. The number of hydrogen-bond acceptors (Lipinski definition) is 3. The predicted molar refractivity (Wildman–Crippen MR) is 57.7 cm³/mol. The molecule has 90 valence electrons. The Morgan fingerprint density at radius 1 is 1.20 bits per heavy atom. The van der Waals surface area contributed by atoms with Gasteiger partial charge in [-0.25, -0.2) is 0 Å². The molecule has 15 heavy (non-hydrogen) atoms. The van der Waals surface area contributed by atoms with Crippen LogP contribution in [0.2, 0.25) is 0 Å². The predicted octanol–water partition coefficient (Wildman–Crippen LogP) is 1.66. The molecule has 4 heteroatoms. The molecular formula is C11H22O4. The fraction of sp³-hybridized carbons (Fsp3) is 0.909. The third-order valence-corrected chi connectivity index (χ3v) is 3.20. The van der Waals surface area contributed by atoms with Crippen molar-refractivity contribution in [3.05, 3.63) is 0 Å². The second-order valence-electron chi connectivity index (χ2n) is 5.34. The number of carbonyl (C=O) groups is 1. The normalized spacial score (nSPS) is 17.3. The number of aliphatic hydroxyl groups is 1. The van der Waals surface area contributed by atoms with Crippen molar-refractivity contribution in [1.29, 1.82) is 0 Å². The fourth-order valence-corrected chi connectivity index (χ4v) is 1.35. The van der Waals surface area contributed by atoms with Gasteiger partial charge in [-0.05, 0) is 34.6 Å². The third kappa shape index (κ3) is 3.18. The van der Waals surface area contributed by atoms with Crippen molar-refractivity contribution in [3.63, 3.8) is 0 Å². The first kappa shape index (κ1) is 14.4. The van der Waals surface area contributed by atoms with Crippen LogP contribution < -0.4 is 0 Å². The molecular weight excluding hydrogens is 196 g/mol. The Bertz CT molecular complexity index is 241. The van der Waals surface area contributed by atoms with Crippen LogP contribution in [-0.4, -0.2) is 34.5 Å². The van der Waals surface area contributed by atoms with Gasteiger partial charge >= 0.3 is 5.97 Å². The molecule has 0 saturated carbocycles. The van der Waals surface area contributed by atoms with Crippen LogP contribution >= 0.6 is 0 Å². The van der Waals surface area contributed by atoms with Crippen LogP contribution in [0.3, 0.4) is 0 Å². The van der Waals surface area contributed by atoms with E-state index in [2.05, 4.69) is 0 Å². The molecule has 0 aliphatic rings. The van der Waals surface area contributed by atoms with E-state index < -0.39 is 22.6 Å². The molecule has 4 nitrogen and oxygen atoms in total. The van der Waals surface area contributed by atoms with Gasteiger partial charge in [0.25, 0.3) is 0 Å². The quantitative estimate of drug-likeness (QED) is 0.736. The summed E-state index contributed by atoms with van der Waals surface area (Å²) in [6.45, 7) is 8.20. The van der Waals surface area contributed by atoms with E-state index in [0.717, 1.165) is 0 Å². The van der Waals surface area contributed by atoms with E-state index in [1.807, 2.05) is 13.8 Å². The van der Waals surface area contributed by atoms with Crippen molar-refractivity contribution in [3.8, 4) is 0 Å². The molecule has 0 rings (SSSR count). The number of carboxylic acid groups (broad SMARTS) is 1. The highest BCUT2D eigenvalue weighted by Gasteiger charge is 2.48. The van der Waals surface area contributed by atoms with Crippen LogP contribution in [0.15, 0.2) is 0 Å². The van der Waals surface area contributed by atoms with E-state index in [0.29, 0.717) is 0 Å². The fourth-order valence-electron chi connectivity index (χ4n) is 1.35. The van der Waals surface area contributed by atoms with E-state index in [9.17, 15) is 9.90 Å². The molecule has 1 atom stereocenters. The Morgan fingerprint density at radius 2 is 1.60 bits per heavy atom. The molecule has 0 fully saturated rings. The second-order valence-corrected chi connectivity index (χ2v) is 5.34. The zero-order valence-corrected chi connectivity index (χ0v) is 10.4. The number of methoxy groups -OCH3 is 1. The first-order valence-electron chi connectivity index (χ1n) is 4.97. The summed E-state index contributed by atoms with van der Waals surface area (Å²) in [5.74, 6) is -1.01. The summed E-state index contributed by atoms with van der Waals surface area (Å²) >= 11 is 0. The Balaban J connectivity index is 4.91. The number of carboxylic acids is 1. The van der Waals surface area contributed by atoms with Crippen molar-refractivity contribution in [1.82, 2.24) is 0 Å². The summed E-state index contributed by atoms with van der Waals surface area (Å²) in [5.41, 5.74) is -3.07. The number of ether oxygens (including phenoxy) is 1. The van der Waals surface area contributed by atoms with E-state index >= 15 is 0 Å². The highest BCUT2D eigenvalue weighted by molar-refractivity contribution is 5.75. The lowest BCUT2D eigenvalue weighted by atomic mass is 9.71. The van der Waals surface area contributed by atoms with E-state index in [4.69, 9.17) is 9.84 Å². The molecule has 0 spiro atoms. The van der Waals surface area contributed by atoms with Crippen LogP contribution in [0, 0.1) is 5.41 Å². The summed E-state index contributed by atoms with van der Waals surface area (Å²) in [6, 6.07) is 0. The second kappa shape index (κ2) is 4.10. The maximum absolute atomic E-state index is 11.0. The summed E-state index contributed by atoms with van der Waals surface area (Å²) in [7, 11) is 1.55. The monoisotopic (exact) mass is 218 g/mol. The van der Waals surface area contributed by atoms with Crippen molar-refractivity contribution < 1.29 is 19.7 Å². The van der Waals surface area contributed by atoms with Crippen molar-refractivity contribution >= 4 is 5.97 Å². The SMILES string of the molecule is COC(C)(C)CC(C)(O)C(C)(C)C(=O)O. The number of rotatable bonds is 5. The van der Waals surface area contributed by atoms with Gasteiger partial charge in [-0.1, -0.05) is 0 Å². The molecule has 0 aliphatic heterocycles. The van der Waals surface area contributed by atoms with Crippen LogP contribution in [0.5, 0.6) is 0 Å². The summed E-state index contributed by atoms with van der Waals surface area (Å²) < 4.78 is 5.20. The molecule has 0 radical (unpaired) electrons. The van der Waals surface area contributed by atoms with Gasteiger partial charge in [0.2, 0.25) is 0 Å². The van der Waals surface area contributed by atoms with Gasteiger partial charge in [0.1, 0.15) is 0 Å². The van der Waals surface area contributed by atoms with Gasteiger partial charge in [-0.3, -0.25) is 4.79 Å². The molecule has 2 N–H and O–H groups in total. The third-order valence-electron chi connectivity index (χ3n) is 3.20. The molecule has 1 unspecified atom stereocenters. The van der Waals surface area contributed by atoms with Gasteiger partial charge < -0.3 is 14.9 Å². The van der Waals surface area contributed by atoms with E-state index in [1.54, 1.807) is 7.11 Å². The topological polar surface area (TPSA) is 66.8 Å². The van der Waals surface area contributed by atoms with E-state index in [-0.39, 0.29) is 6.42 Å². The maximum atomic E-state index is 11.0. The van der Waals surface area contributed by atoms with Gasteiger partial charge in [0, 0.05) is 13.5 Å². The molecule has 0 aromatic rings. The lowest BCUT2D eigenvalue weighted by Gasteiger charge is -2.41. The van der Waals surface area contributed by atoms with Crippen molar-refractivity contribution in [2.75, 3.05) is 7.11 Å². The first-order valence-corrected chi connectivity index (χ1v) is 4.97. The largest absolute Gasteiger partial charge is 0.481 e. The van der Waals surface area contributed by atoms with Crippen molar-refractivity contribution in [2.24, 2.45) is 5.41 Å². The lowest BCUT2D eigenvalue weighted by molar-refractivity contribution is -0.170. The maximum Gasteiger partial charge on any atom is 0.311 e. The summed E-state index contributed by atoms with van der Waals surface area (Å²) in [4.78, 5) is 11.0. The highest BCUT2D eigenvalue weighted by Crippen LogP contribution is 2.37. The van der Waals surface area contributed by atoms with Gasteiger partial charge in [0.15, 0.2) is 0 Å². The lowest BCUT2D eigenvalue weighted by Crippen LogP contribution is -2.51. The first-order chi connectivity index (χ1) is 6.46. The average molecular weight is 218 g/mol. The van der Waals surface area contributed by atoms with Crippen LogP contribution in [-0.2, 0) is 9.53 Å². The minimum atomic E-state index is -1.32. The Hall–Kier alpha value is -0.610. The smallest absolute Gasteiger partial charge is 0.311 e. The zero-order chi connectivity index (χ0) is 12.5. The standard InChI is InChI=1S/C11H22O4/c1-9(2,15-6)7-11(5,14)10(3,4)8(12)13/h14H,7H2,1-6H3,(H,12,13). The number of aliphatic carboxylic acids is 1. The number of hydrogen-bond donors (Lipinski definition) is 2. The zero-order valence-electron chi connectivity index (χ0n) is 10.4. The highest BCUT2D eigenvalue weighted by atomic mass is 16.5. The van der Waals surface area contributed by atoms with Crippen LogP contribution in [0.4, 0.5) is 0 Å². The Labute approximate surface area is 91.3 Å². The van der Waals surface area contributed by atoms with Crippen LogP contribution in [0.1, 0.15) is 41.0 Å². The minimum Gasteiger partial charge on any atom is -0.481 e. The van der Waals surface area contributed by atoms with Crippen molar-refractivity contribution in [2.45, 2.75) is 52.2 Å². The minimum absolute atomic E-state index is 0.260. The molecule has 0 aromatic heterocycles. The Morgan fingerprint density at radius 3 is 1.87 bits per heavy atom. The van der Waals surface area contributed by atoms with E-state index in [1.165, 1.54) is 20.8 Å². The summed E-state index contributed by atoms with van der Waals surface area (Å²) in [6.07, 6.45) is 0.260. The molecule has 0 bridgehead atoms. The summed E-state index contributed by atoms with van der Waals surface area (Å²) in [5, 5.41) is 19.3. The molecule has 0 aliphatic carbocycles. The van der Waals surface area contributed by atoms with Gasteiger partial charge in [-0.15, -0.1) is 0 Å². The van der Waals surface area contributed by atoms with Crippen LogP contribution in [0.25, 0.3) is 0 Å². The molecule has 0 heterocycles. The molecule has 0 aromatic carbocycles.